The monoisotopic (exact) mass is 260 g/mol. The van der Waals surface area contributed by atoms with Crippen molar-refractivity contribution in [2.75, 3.05) is 6.61 Å². The van der Waals surface area contributed by atoms with Gasteiger partial charge in [-0.3, -0.25) is 4.68 Å². The van der Waals surface area contributed by atoms with E-state index in [1.807, 2.05) is 37.4 Å². The van der Waals surface area contributed by atoms with Gasteiger partial charge < -0.3 is 9.84 Å². The summed E-state index contributed by atoms with van der Waals surface area (Å²) in [6, 6.07) is 7.55. The summed E-state index contributed by atoms with van der Waals surface area (Å²) >= 11 is 0. The van der Waals surface area contributed by atoms with Gasteiger partial charge in [0.25, 0.3) is 0 Å². The van der Waals surface area contributed by atoms with Gasteiger partial charge in [-0.15, -0.1) is 0 Å². The average molecular weight is 260 g/mol. The standard InChI is InChI=1S/C15H20N2O2/c1-3-9-19-14-7-5-12(6-8-14)15(18)13-10-16-17(4-2)11-13/h5-8,10-11,15,18H,3-4,9H2,1-2H3. The van der Waals surface area contributed by atoms with Crippen LogP contribution in [0.5, 0.6) is 5.75 Å². The molecule has 4 nitrogen and oxygen atoms in total. The summed E-state index contributed by atoms with van der Waals surface area (Å²) in [5.41, 5.74) is 1.66. The number of aryl methyl sites for hydroxylation is 1. The predicted molar refractivity (Wildman–Crippen MR) is 74.2 cm³/mol. The maximum absolute atomic E-state index is 10.3. The van der Waals surface area contributed by atoms with Crippen molar-refractivity contribution >= 4 is 0 Å². The molecule has 1 aromatic heterocycles. The Bertz CT molecular complexity index is 505. The number of rotatable bonds is 6. The topological polar surface area (TPSA) is 47.3 Å². The molecule has 2 rings (SSSR count). The fourth-order valence-corrected chi connectivity index (χ4v) is 1.85. The van der Waals surface area contributed by atoms with E-state index in [1.165, 1.54) is 0 Å². The molecule has 0 saturated carbocycles. The van der Waals surface area contributed by atoms with Gasteiger partial charge in [-0.2, -0.15) is 5.10 Å². The zero-order chi connectivity index (χ0) is 13.7. The lowest BCUT2D eigenvalue weighted by atomic mass is 10.0. The van der Waals surface area contributed by atoms with Gasteiger partial charge in [-0.25, -0.2) is 0 Å². The highest BCUT2D eigenvalue weighted by Crippen LogP contribution is 2.23. The first-order valence-electron chi connectivity index (χ1n) is 6.67. The van der Waals surface area contributed by atoms with Crippen LogP contribution in [0.15, 0.2) is 36.7 Å². The zero-order valence-corrected chi connectivity index (χ0v) is 11.4. The van der Waals surface area contributed by atoms with Crippen molar-refractivity contribution in [3.8, 4) is 5.75 Å². The van der Waals surface area contributed by atoms with Crippen molar-refractivity contribution in [1.82, 2.24) is 9.78 Å². The molecular formula is C15H20N2O2. The Morgan fingerprint density at radius 3 is 2.53 bits per heavy atom. The Morgan fingerprint density at radius 2 is 1.95 bits per heavy atom. The second-order valence-corrected chi connectivity index (χ2v) is 4.45. The summed E-state index contributed by atoms with van der Waals surface area (Å²) in [6.45, 7) is 5.61. The third kappa shape index (κ3) is 3.35. The average Bonchev–Trinajstić information content (AvgIpc) is 2.94. The Hall–Kier alpha value is -1.81. The van der Waals surface area contributed by atoms with Crippen molar-refractivity contribution in [1.29, 1.82) is 0 Å². The van der Waals surface area contributed by atoms with E-state index in [-0.39, 0.29) is 0 Å². The molecule has 0 aliphatic rings. The van der Waals surface area contributed by atoms with Crippen molar-refractivity contribution in [3.63, 3.8) is 0 Å². The molecule has 4 heteroatoms. The number of aromatic nitrogens is 2. The quantitative estimate of drug-likeness (QED) is 0.868. The molecule has 0 saturated heterocycles. The van der Waals surface area contributed by atoms with E-state index in [9.17, 15) is 5.11 Å². The van der Waals surface area contributed by atoms with Gasteiger partial charge in [0.1, 0.15) is 11.9 Å². The molecular weight excluding hydrogens is 240 g/mol. The van der Waals surface area contributed by atoms with E-state index in [1.54, 1.807) is 10.9 Å². The lowest BCUT2D eigenvalue weighted by molar-refractivity contribution is 0.220. The summed E-state index contributed by atoms with van der Waals surface area (Å²) < 4.78 is 7.32. The maximum Gasteiger partial charge on any atom is 0.119 e. The number of aliphatic hydroxyl groups is 1. The van der Waals surface area contributed by atoms with Crippen molar-refractivity contribution in [2.24, 2.45) is 0 Å². The molecule has 1 N–H and O–H groups in total. The van der Waals surface area contributed by atoms with Crippen LogP contribution >= 0.6 is 0 Å². The third-order valence-electron chi connectivity index (χ3n) is 2.96. The van der Waals surface area contributed by atoms with Gasteiger partial charge >= 0.3 is 0 Å². The van der Waals surface area contributed by atoms with Gasteiger partial charge in [0.2, 0.25) is 0 Å². The summed E-state index contributed by atoms with van der Waals surface area (Å²) in [4.78, 5) is 0. The molecule has 2 aromatic rings. The van der Waals surface area contributed by atoms with Crippen molar-refractivity contribution in [3.05, 3.63) is 47.8 Å². The first-order chi connectivity index (χ1) is 9.24. The fourth-order valence-electron chi connectivity index (χ4n) is 1.85. The summed E-state index contributed by atoms with van der Waals surface area (Å²) in [7, 11) is 0. The molecule has 1 unspecified atom stereocenters. The summed E-state index contributed by atoms with van der Waals surface area (Å²) in [6.07, 6.45) is 3.92. The van der Waals surface area contributed by atoms with Crippen LogP contribution in [-0.2, 0) is 6.54 Å². The summed E-state index contributed by atoms with van der Waals surface area (Å²) in [5, 5.41) is 14.4. The van der Waals surface area contributed by atoms with Crippen LogP contribution in [0, 0.1) is 0 Å². The molecule has 19 heavy (non-hydrogen) atoms. The Kier molecular flexibility index (Phi) is 4.58. The Labute approximate surface area is 113 Å². The molecule has 1 aromatic carbocycles. The van der Waals surface area contributed by atoms with E-state index in [4.69, 9.17) is 4.74 Å². The molecule has 1 atom stereocenters. The number of hydrogen-bond donors (Lipinski definition) is 1. The lowest BCUT2D eigenvalue weighted by Gasteiger charge is -2.10. The smallest absolute Gasteiger partial charge is 0.119 e. The second-order valence-electron chi connectivity index (χ2n) is 4.45. The van der Waals surface area contributed by atoms with Crippen molar-refractivity contribution < 1.29 is 9.84 Å². The van der Waals surface area contributed by atoms with Gasteiger partial charge in [0.05, 0.1) is 12.8 Å². The van der Waals surface area contributed by atoms with Crippen LogP contribution in [0.3, 0.4) is 0 Å². The highest BCUT2D eigenvalue weighted by Gasteiger charge is 2.12. The van der Waals surface area contributed by atoms with Crippen LogP contribution < -0.4 is 4.74 Å². The van der Waals surface area contributed by atoms with E-state index in [0.717, 1.165) is 29.8 Å². The highest BCUT2D eigenvalue weighted by molar-refractivity contribution is 5.32. The third-order valence-corrected chi connectivity index (χ3v) is 2.96. The number of ether oxygens (including phenoxy) is 1. The van der Waals surface area contributed by atoms with Gasteiger partial charge in [-0.05, 0) is 31.0 Å². The first kappa shape index (κ1) is 13.6. The Balaban J connectivity index is 2.08. The van der Waals surface area contributed by atoms with Crippen LogP contribution in [0.2, 0.25) is 0 Å². The minimum Gasteiger partial charge on any atom is -0.494 e. The first-order valence-corrected chi connectivity index (χ1v) is 6.67. The molecule has 0 bridgehead atoms. The number of nitrogens with zero attached hydrogens (tertiary/aromatic N) is 2. The van der Waals surface area contributed by atoms with Gasteiger partial charge in [0.15, 0.2) is 0 Å². The molecule has 0 amide bonds. The van der Waals surface area contributed by atoms with Crippen molar-refractivity contribution in [2.45, 2.75) is 32.9 Å². The van der Waals surface area contributed by atoms with Gasteiger partial charge in [-0.1, -0.05) is 19.1 Å². The predicted octanol–water partition coefficient (Wildman–Crippen LogP) is 2.77. The van der Waals surface area contributed by atoms with E-state index < -0.39 is 6.10 Å². The molecule has 0 aliphatic carbocycles. The van der Waals surface area contributed by atoms with E-state index in [0.29, 0.717) is 6.61 Å². The molecule has 0 radical (unpaired) electrons. The zero-order valence-electron chi connectivity index (χ0n) is 11.4. The number of benzene rings is 1. The lowest BCUT2D eigenvalue weighted by Crippen LogP contribution is -2.00. The second kappa shape index (κ2) is 6.38. The maximum atomic E-state index is 10.3. The van der Waals surface area contributed by atoms with Gasteiger partial charge in [0, 0.05) is 18.3 Å². The fraction of sp³-hybridized carbons (Fsp3) is 0.400. The minimum absolute atomic E-state index is 0.638. The molecule has 0 spiro atoms. The van der Waals surface area contributed by atoms with Crippen LogP contribution in [0.25, 0.3) is 0 Å². The SMILES string of the molecule is CCCOc1ccc(C(O)c2cnn(CC)c2)cc1. The Morgan fingerprint density at radius 1 is 1.21 bits per heavy atom. The van der Waals surface area contributed by atoms with E-state index in [2.05, 4.69) is 12.0 Å². The van der Waals surface area contributed by atoms with Crippen LogP contribution in [-0.4, -0.2) is 21.5 Å². The number of hydrogen-bond acceptors (Lipinski definition) is 3. The minimum atomic E-state index is -0.638. The van der Waals surface area contributed by atoms with Crippen LogP contribution in [0.4, 0.5) is 0 Å². The molecule has 1 heterocycles. The number of aliphatic hydroxyl groups excluding tert-OH is 1. The summed E-state index contributed by atoms with van der Waals surface area (Å²) in [5.74, 6) is 0.835. The van der Waals surface area contributed by atoms with Crippen LogP contribution in [0.1, 0.15) is 37.5 Å². The molecule has 0 fully saturated rings. The molecule has 102 valence electrons. The highest BCUT2D eigenvalue weighted by atomic mass is 16.5. The normalized spacial score (nSPS) is 12.4. The molecule has 0 aliphatic heterocycles. The largest absolute Gasteiger partial charge is 0.494 e. The van der Waals surface area contributed by atoms with E-state index >= 15 is 0 Å².